The molecule has 2 rings (SSSR count). The molecule has 0 aliphatic heterocycles. The molecule has 0 amide bonds. The lowest BCUT2D eigenvalue weighted by molar-refractivity contribution is 0.299. The summed E-state index contributed by atoms with van der Waals surface area (Å²) in [6.45, 7) is 0. The van der Waals surface area contributed by atoms with Crippen molar-refractivity contribution in [2.24, 2.45) is 0 Å². The third-order valence-electron chi connectivity index (χ3n) is 3.16. The van der Waals surface area contributed by atoms with Crippen molar-refractivity contribution in [2.75, 3.05) is 26.9 Å². The first-order valence-electron chi connectivity index (χ1n) is 5.26. The molecule has 0 radical (unpaired) electrons. The maximum atomic E-state index is 5.92. The summed E-state index contributed by atoms with van der Waals surface area (Å²) < 4.78 is 5.23. The van der Waals surface area contributed by atoms with E-state index >= 15 is 0 Å². The average Bonchev–Trinajstić information content (AvgIpc) is 2.59. The van der Waals surface area contributed by atoms with Crippen LogP contribution >= 0.6 is 0 Å². The van der Waals surface area contributed by atoms with Crippen LogP contribution in [0.4, 0.5) is 5.69 Å². The zero-order chi connectivity index (χ0) is 11.0. The molecule has 1 aromatic rings. The summed E-state index contributed by atoms with van der Waals surface area (Å²) in [5, 5.41) is 0. The molecular formula is C12H18N2O. The molecule has 15 heavy (non-hydrogen) atoms. The van der Waals surface area contributed by atoms with E-state index in [1.54, 1.807) is 7.11 Å². The van der Waals surface area contributed by atoms with Crippen molar-refractivity contribution in [3.63, 3.8) is 0 Å². The van der Waals surface area contributed by atoms with E-state index in [1.165, 1.54) is 17.5 Å². The Bertz CT molecular complexity index is 374. The predicted molar refractivity (Wildman–Crippen MR) is 62.2 cm³/mol. The number of benzene rings is 1. The Kier molecular flexibility index (Phi) is 2.57. The van der Waals surface area contributed by atoms with Gasteiger partial charge in [0.05, 0.1) is 12.8 Å². The SMILES string of the molecule is COc1cc2c(cc1N)[C@H](N(C)C)CC2. The number of aryl methyl sites for hydroxylation is 1. The lowest BCUT2D eigenvalue weighted by Crippen LogP contribution is -2.17. The zero-order valence-corrected chi connectivity index (χ0v) is 9.58. The van der Waals surface area contributed by atoms with Crippen molar-refractivity contribution in [1.82, 2.24) is 4.90 Å². The highest BCUT2D eigenvalue weighted by Gasteiger charge is 2.25. The molecule has 0 unspecified atom stereocenters. The molecule has 0 saturated carbocycles. The number of ether oxygens (including phenoxy) is 1. The molecule has 1 aliphatic rings. The van der Waals surface area contributed by atoms with Crippen LogP contribution in [0.5, 0.6) is 5.75 Å². The smallest absolute Gasteiger partial charge is 0.142 e. The topological polar surface area (TPSA) is 38.5 Å². The van der Waals surface area contributed by atoms with Crippen LogP contribution in [-0.4, -0.2) is 26.1 Å². The highest BCUT2D eigenvalue weighted by molar-refractivity contribution is 5.58. The van der Waals surface area contributed by atoms with Crippen LogP contribution in [0.15, 0.2) is 12.1 Å². The first-order valence-corrected chi connectivity index (χ1v) is 5.26. The molecule has 0 heterocycles. The van der Waals surface area contributed by atoms with Gasteiger partial charge < -0.3 is 15.4 Å². The van der Waals surface area contributed by atoms with Crippen LogP contribution < -0.4 is 10.5 Å². The van der Waals surface area contributed by atoms with E-state index in [9.17, 15) is 0 Å². The monoisotopic (exact) mass is 206 g/mol. The number of rotatable bonds is 2. The molecule has 0 spiro atoms. The van der Waals surface area contributed by atoms with Crippen LogP contribution in [0.25, 0.3) is 0 Å². The summed E-state index contributed by atoms with van der Waals surface area (Å²) in [4.78, 5) is 2.25. The van der Waals surface area contributed by atoms with Gasteiger partial charge in [0.15, 0.2) is 0 Å². The quantitative estimate of drug-likeness (QED) is 0.750. The first kappa shape index (κ1) is 10.3. The fourth-order valence-corrected chi connectivity index (χ4v) is 2.34. The Morgan fingerprint density at radius 3 is 2.73 bits per heavy atom. The van der Waals surface area contributed by atoms with Crippen LogP contribution in [0.2, 0.25) is 0 Å². The predicted octanol–water partition coefficient (Wildman–Crippen LogP) is 1.83. The van der Waals surface area contributed by atoms with Crippen LogP contribution in [0.3, 0.4) is 0 Å². The van der Waals surface area contributed by atoms with Crippen molar-refractivity contribution in [1.29, 1.82) is 0 Å². The van der Waals surface area contributed by atoms with Gasteiger partial charge in [-0.15, -0.1) is 0 Å². The minimum atomic E-state index is 0.508. The second-order valence-corrected chi connectivity index (χ2v) is 4.31. The summed E-state index contributed by atoms with van der Waals surface area (Å²) >= 11 is 0. The van der Waals surface area contributed by atoms with E-state index in [0.29, 0.717) is 6.04 Å². The summed E-state index contributed by atoms with van der Waals surface area (Å²) in [6, 6.07) is 4.65. The number of nitrogen functional groups attached to an aromatic ring is 1. The van der Waals surface area contributed by atoms with E-state index in [2.05, 4.69) is 31.1 Å². The molecule has 0 bridgehead atoms. The van der Waals surface area contributed by atoms with E-state index < -0.39 is 0 Å². The van der Waals surface area contributed by atoms with Gasteiger partial charge in [-0.05, 0) is 50.2 Å². The Morgan fingerprint density at radius 1 is 1.40 bits per heavy atom. The third kappa shape index (κ3) is 1.67. The second-order valence-electron chi connectivity index (χ2n) is 4.31. The van der Waals surface area contributed by atoms with Gasteiger partial charge in [-0.2, -0.15) is 0 Å². The Labute approximate surface area is 90.8 Å². The van der Waals surface area contributed by atoms with Crippen molar-refractivity contribution in [2.45, 2.75) is 18.9 Å². The van der Waals surface area contributed by atoms with Gasteiger partial charge in [-0.3, -0.25) is 0 Å². The fourth-order valence-electron chi connectivity index (χ4n) is 2.34. The molecule has 2 N–H and O–H groups in total. The molecule has 0 aromatic heterocycles. The number of nitrogens with zero attached hydrogens (tertiary/aromatic N) is 1. The summed E-state index contributed by atoms with van der Waals surface area (Å²) in [6.07, 6.45) is 2.30. The highest BCUT2D eigenvalue weighted by Crippen LogP contribution is 2.38. The van der Waals surface area contributed by atoms with E-state index in [-0.39, 0.29) is 0 Å². The van der Waals surface area contributed by atoms with Gasteiger partial charge in [0.25, 0.3) is 0 Å². The number of hydrogen-bond donors (Lipinski definition) is 1. The van der Waals surface area contributed by atoms with Crippen molar-refractivity contribution in [3.8, 4) is 5.75 Å². The molecule has 0 fully saturated rings. The first-order chi connectivity index (χ1) is 7.13. The van der Waals surface area contributed by atoms with Gasteiger partial charge in [0.1, 0.15) is 5.75 Å². The van der Waals surface area contributed by atoms with Gasteiger partial charge in [0.2, 0.25) is 0 Å². The van der Waals surface area contributed by atoms with Crippen LogP contribution in [-0.2, 0) is 6.42 Å². The molecule has 0 saturated heterocycles. The standard InChI is InChI=1S/C12H18N2O/c1-14(2)11-5-4-8-6-12(15-3)10(13)7-9(8)11/h6-7,11H,4-5,13H2,1-3H3/t11-/m1/s1. The summed E-state index contributed by atoms with van der Waals surface area (Å²) in [7, 11) is 5.89. The Morgan fingerprint density at radius 2 is 2.13 bits per heavy atom. The number of methoxy groups -OCH3 is 1. The number of fused-ring (bicyclic) bond motifs is 1. The van der Waals surface area contributed by atoms with Crippen LogP contribution in [0, 0.1) is 0 Å². The van der Waals surface area contributed by atoms with E-state index in [0.717, 1.165) is 17.9 Å². The fraction of sp³-hybridized carbons (Fsp3) is 0.500. The minimum absolute atomic E-state index is 0.508. The lowest BCUT2D eigenvalue weighted by atomic mass is 10.1. The van der Waals surface area contributed by atoms with Crippen molar-refractivity contribution >= 4 is 5.69 Å². The third-order valence-corrected chi connectivity index (χ3v) is 3.16. The largest absolute Gasteiger partial charge is 0.495 e. The van der Waals surface area contributed by atoms with E-state index in [1.807, 2.05) is 0 Å². The number of nitrogens with two attached hydrogens (primary N) is 1. The van der Waals surface area contributed by atoms with Crippen LogP contribution in [0.1, 0.15) is 23.6 Å². The molecule has 82 valence electrons. The second kappa shape index (κ2) is 3.74. The summed E-state index contributed by atoms with van der Waals surface area (Å²) in [5.41, 5.74) is 9.40. The Balaban J connectivity index is 2.43. The molecular weight excluding hydrogens is 188 g/mol. The highest BCUT2D eigenvalue weighted by atomic mass is 16.5. The minimum Gasteiger partial charge on any atom is -0.495 e. The summed E-state index contributed by atoms with van der Waals surface area (Å²) in [5.74, 6) is 0.799. The molecule has 3 nitrogen and oxygen atoms in total. The molecule has 3 heteroatoms. The van der Waals surface area contributed by atoms with Crippen molar-refractivity contribution < 1.29 is 4.74 Å². The normalized spacial score (nSPS) is 19.3. The van der Waals surface area contributed by atoms with Gasteiger partial charge in [-0.1, -0.05) is 0 Å². The van der Waals surface area contributed by atoms with Gasteiger partial charge >= 0.3 is 0 Å². The average molecular weight is 206 g/mol. The number of hydrogen-bond acceptors (Lipinski definition) is 3. The number of anilines is 1. The Hall–Kier alpha value is -1.22. The molecule has 1 aromatic carbocycles. The van der Waals surface area contributed by atoms with Crippen molar-refractivity contribution in [3.05, 3.63) is 23.3 Å². The zero-order valence-electron chi connectivity index (χ0n) is 9.58. The maximum absolute atomic E-state index is 5.92. The maximum Gasteiger partial charge on any atom is 0.142 e. The molecule has 1 atom stereocenters. The van der Waals surface area contributed by atoms with Gasteiger partial charge in [0, 0.05) is 6.04 Å². The van der Waals surface area contributed by atoms with Gasteiger partial charge in [-0.25, -0.2) is 0 Å². The lowest BCUT2D eigenvalue weighted by Gasteiger charge is -2.20. The van der Waals surface area contributed by atoms with E-state index in [4.69, 9.17) is 10.5 Å². The molecule has 1 aliphatic carbocycles.